The van der Waals surface area contributed by atoms with Crippen LogP contribution < -0.4 is 5.43 Å². The molecule has 0 saturated carbocycles. The Hall–Kier alpha value is -6.36. The van der Waals surface area contributed by atoms with E-state index in [0.717, 1.165) is 6.07 Å². The average Bonchev–Trinajstić information content (AvgIpc) is 3.18. The number of hydrogen-bond acceptors (Lipinski definition) is 8. The molecule has 2 aliphatic rings. The molecule has 4 aromatic carbocycles. The van der Waals surface area contributed by atoms with E-state index in [1.807, 2.05) is 24.3 Å². The van der Waals surface area contributed by atoms with Crippen molar-refractivity contribution in [1.29, 1.82) is 0 Å². The highest BCUT2D eigenvalue weighted by atomic mass is 35.5. The number of phenolic OH excluding ortho intramolecular Hbond substituents is 1. The van der Waals surface area contributed by atoms with E-state index < -0.39 is 23.3 Å². The van der Waals surface area contributed by atoms with Crippen molar-refractivity contribution < 1.29 is 29.6 Å². The molecule has 6 aromatic rings. The smallest absolute Gasteiger partial charge is 0.337 e. The second kappa shape index (κ2) is 13.9. The highest BCUT2D eigenvalue weighted by Gasteiger charge is 2.33. The van der Waals surface area contributed by atoms with Gasteiger partial charge in [0.15, 0.2) is 11.7 Å². The third-order valence-electron chi connectivity index (χ3n) is 9.29. The van der Waals surface area contributed by atoms with Gasteiger partial charge < -0.3 is 24.8 Å². The molecule has 0 saturated heterocycles. The molecule has 11 heteroatoms. The molecule has 264 valence electrons. The van der Waals surface area contributed by atoms with E-state index in [0.29, 0.717) is 27.8 Å². The minimum absolute atomic E-state index is 0.0264. The summed E-state index contributed by atoms with van der Waals surface area (Å²) in [6, 6.07) is 29.1. The minimum atomic E-state index is -2.23. The average molecular weight is 754 g/mol. The number of aromatic hydroxyl groups is 1. The normalized spacial score (nSPS) is 11.4. The predicted molar refractivity (Wildman–Crippen MR) is 208 cm³/mol. The Labute approximate surface area is 317 Å². The maximum absolute atomic E-state index is 14.7. The molecule has 0 unspecified atom stereocenters. The summed E-state index contributed by atoms with van der Waals surface area (Å²) in [6.45, 7) is 0. The van der Waals surface area contributed by atoms with E-state index >= 15 is 0 Å². The number of halogens is 2. The lowest BCUT2D eigenvalue weighted by molar-refractivity contribution is -0.0419. The summed E-state index contributed by atoms with van der Waals surface area (Å²) in [6.07, 6.45) is 3.96. The number of hydrogen-bond donors (Lipinski definition) is 4. The van der Waals surface area contributed by atoms with E-state index in [9.17, 15) is 30.0 Å². The van der Waals surface area contributed by atoms with Crippen molar-refractivity contribution in [3.05, 3.63) is 159 Å². The molecule has 0 spiro atoms. The Morgan fingerprint density at radius 1 is 0.667 bits per heavy atom. The molecule has 0 amide bonds. The van der Waals surface area contributed by atoms with Gasteiger partial charge in [-0.3, -0.25) is 14.8 Å². The number of carbonyl (C=O) groups is 1. The number of benzene rings is 5. The van der Waals surface area contributed by atoms with E-state index in [4.69, 9.17) is 27.6 Å². The number of aromatic nitrogens is 2. The van der Waals surface area contributed by atoms with Crippen LogP contribution in [0.3, 0.4) is 0 Å². The molecule has 0 fully saturated rings. The third-order valence-corrected chi connectivity index (χ3v) is 9.99. The van der Waals surface area contributed by atoms with Crippen LogP contribution in [0.15, 0.2) is 137 Å². The summed E-state index contributed by atoms with van der Waals surface area (Å²) in [4.78, 5) is 35.9. The van der Waals surface area contributed by atoms with Gasteiger partial charge in [-0.05, 0) is 41.5 Å². The second-order valence-electron chi connectivity index (χ2n) is 12.4. The zero-order valence-electron chi connectivity index (χ0n) is 27.9. The number of aromatic carboxylic acids is 1. The Balaban J connectivity index is 1.71. The van der Waals surface area contributed by atoms with E-state index in [1.165, 1.54) is 6.20 Å². The van der Waals surface area contributed by atoms with Crippen molar-refractivity contribution in [2.75, 3.05) is 0 Å². The monoisotopic (exact) mass is 752 g/mol. The quantitative estimate of drug-likeness (QED) is 0.0920. The van der Waals surface area contributed by atoms with Crippen LogP contribution in [-0.2, 0) is 0 Å². The van der Waals surface area contributed by atoms with E-state index in [-0.39, 0.29) is 71.5 Å². The molecule has 2 aromatic heterocycles. The van der Waals surface area contributed by atoms with Crippen molar-refractivity contribution in [2.45, 2.75) is 6.29 Å². The molecule has 54 heavy (non-hydrogen) atoms. The number of phenols is 1. The Bertz CT molecular complexity index is 2760. The van der Waals surface area contributed by atoms with Crippen molar-refractivity contribution in [3.63, 3.8) is 0 Å². The fraction of sp³-hybridized carbons (Fsp3) is 0.0233. The van der Waals surface area contributed by atoms with Gasteiger partial charge in [0.05, 0.1) is 26.7 Å². The first-order valence-electron chi connectivity index (χ1n) is 16.5. The first-order chi connectivity index (χ1) is 26.2. The van der Waals surface area contributed by atoms with E-state index in [2.05, 4.69) is 9.97 Å². The summed E-state index contributed by atoms with van der Waals surface area (Å²) in [5.74, 6) is -1.57. The van der Waals surface area contributed by atoms with E-state index in [1.54, 1.807) is 91.4 Å². The fourth-order valence-electron chi connectivity index (χ4n) is 6.92. The lowest BCUT2D eigenvalue weighted by atomic mass is 9.83. The van der Waals surface area contributed by atoms with Crippen LogP contribution in [0.2, 0.25) is 10.0 Å². The van der Waals surface area contributed by atoms with Crippen molar-refractivity contribution in [3.8, 4) is 72.7 Å². The molecule has 0 atom stereocenters. The van der Waals surface area contributed by atoms with Crippen LogP contribution in [0.1, 0.15) is 22.2 Å². The molecule has 3 heterocycles. The molecule has 1 aliphatic carbocycles. The third kappa shape index (κ3) is 5.76. The van der Waals surface area contributed by atoms with Crippen molar-refractivity contribution >= 4 is 40.1 Å². The van der Waals surface area contributed by atoms with Crippen LogP contribution in [0.4, 0.5) is 0 Å². The van der Waals surface area contributed by atoms with Gasteiger partial charge in [0.2, 0.25) is 0 Å². The first kappa shape index (κ1) is 34.7. The first-order valence-corrected chi connectivity index (χ1v) is 17.3. The van der Waals surface area contributed by atoms with Crippen LogP contribution in [-0.4, -0.2) is 36.4 Å². The highest BCUT2D eigenvalue weighted by Crippen LogP contribution is 2.54. The van der Waals surface area contributed by atoms with Gasteiger partial charge in [0.1, 0.15) is 17.1 Å². The predicted octanol–water partition coefficient (Wildman–Crippen LogP) is 9.72. The number of carboxylic acids is 1. The number of pyridine rings is 2. The molecule has 8 rings (SSSR count). The summed E-state index contributed by atoms with van der Waals surface area (Å²) in [5.41, 5.74) is 2.21. The standard InChI is InChI=1S/C43H26Cl2N2O7/c44-31-19-30(42(50)51)37(45)36(35(31)43(52)53)34-28-17-26(22-9-3-1-4-10-22)38(48)32(24-13-7-15-46-20-24)40(28)54-41-29(34)18-27(23-11-5-2-6-12-23)39(49)33(41)25-14-8-16-47-21-25/h1-21,43,48,52-53H,(H,50,51). The number of nitrogens with zero attached hydrogens (tertiary/aromatic N) is 2. The highest BCUT2D eigenvalue weighted by molar-refractivity contribution is 6.39. The topological polar surface area (TPSA) is 154 Å². The summed E-state index contributed by atoms with van der Waals surface area (Å²) < 4.78 is 6.84. The number of rotatable bonds is 7. The molecule has 0 bridgehead atoms. The van der Waals surface area contributed by atoms with Gasteiger partial charge in [0.25, 0.3) is 0 Å². The molecule has 1 aliphatic heterocycles. The molecular formula is C43H26Cl2N2O7. The van der Waals surface area contributed by atoms with Crippen LogP contribution in [0, 0.1) is 0 Å². The lowest BCUT2D eigenvalue weighted by Gasteiger charge is -2.25. The Morgan fingerprint density at radius 2 is 1.24 bits per heavy atom. The van der Waals surface area contributed by atoms with Gasteiger partial charge >= 0.3 is 5.97 Å². The van der Waals surface area contributed by atoms with Crippen molar-refractivity contribution in [2.24, 2.45) is 0 Å². The molecule has 0 radical (unpaired) electrons. The molecular weight excluding hydrogens is 727 g/mol. The number of carboxylic acid groups (broad SMARTS) is 1. The molecule has 4 N–H and O–H groups in total. The maximum atomic E-state index is 14.7. The number of aliphatic hydroxyl groups excluding tert-OH is 1. The summed E-state index contributed by atoms with van der Waals surface area (Å²) >= 11 is 13.7. The lowest BCUT2D eigenvalue weighted by Crippen LogP contribution is -2.13. The van der Waals surface area contributed by atoms with Crippen LogP contribution >= 0.6 is 23.2 Å². The zero-order valence-corrected chi connectivity index (χ0v) is 29.4. The summed E-state index contributed by atoms with van der Waals surface area (Å²) in [7, 11) is 0. The van der Waals surface area contributed by atoms with Crippen LogP contribution in [0.25, 0.3) is 77.9 Å². The zero-order chi connectivity index (χ0) is 37.7. The largest absolute Gasteiger partial charge is 0.507 e. The molecule has 9 nitrogen and oxygen atoms in total. The van der Waals surface area contributed by atoms with Gasteiger partial charge in [-0.2, -0.15) is 0 Å². The summed E-state index contributed by atoms with van der Waals surface area (Å²) in [5, 5.41) is 43.9. The van der Waals surface area contributed by atoms with Gasteiger partial charge in [0, 0.05) is 74.7 Å². The number of fused-ring (bicyclic) bond motifs is 2. The Kier molecular flexibility index (Phi) is 8.93. The maximum Gasteiger partial charge on any atom is 0.337 e. The van der Waals surface area contributed by atoms with Gasteiger partial charge in [-0.15, -0.1) is 0 Å². The Morgan fingerprint density at radius 3 is 1.80 bits per heavy atom. The fourth-order valence-corrected chi connectivity index (χ4v) is 7.55. The van der Waals surface area contributed by atoms with Crippen LogP contribution in [0.5, 0.6) is 5.75 Å². The van der Waals surface area contributed by atoms with Gasteiger partial charge in [-0.1, -0.05) is 96.0 Å². The van der Waals surface area contributed by atoms with Crippen molar-refractivity contribution in [1.82, 2.24) is 9.97 Å². The number of aliphatic hydroxyl groups is 2. The SMILES string of the molecule is O=C(O)c1cc(Cl)c(C(O)O)c(-c2c3cc(-c4ccccc4)c(=O)c(-c4cccnc4)c-3oc3c(-c4cccnc4)c(O)c(-c4ccccc4)cc23)c1Cl. The van der Waals surface area contributed by atoms with Gasteiger partial charge in [-0.25, -0.2) is 4.79 Å². The minimum Gasteiger partial charge on any atom is -0.507 e. The second-order valence-corrected chi connectivity index (χ2v) is 13.2.